The van der Waals surface area contributed by atoms with Crippen LogP contribution in [0, 0.1) is 5.82 Å². The van der Waals surface area contributed by atoms with Gasteiger partial charge in [0, 0.05) is 48.2 Å². The lowest BCUT2D eigenvalue weighted by atomic mass is 10.1. The number of benzene rings is 2. The van der Waals surface area contributed by atoms with E-state index in [-0.39, 0.29) is 23.5 Å². The van der Waals surface area contributed by atoms with Gasteiger partial charge >= 0.3 is 12.4 Å². The molecule has 0 saturated carbocycles. The van der Waals surface area contributed by atoms with E-state index < -0.39 is 23.7 Å². The summed E-state index contributed by atoms with van der Waals surface area (Å²) in [6, 6.07) is 8.75. The van der Waals surface area contributed by atoms with Crippen LogP contribution in [-0.2, 0) is 6.18 Å². The van der Waals surface area contributed by atoms with Gasteiger partial charge in [0.2, 0.25) is 5.95 Å². The number of hydrogen-bond acceptors (Lipinski definition) is 7. The summed E-state index contributed by atoms with van der Waals surface area (Å²) in [5.41, 5.74) is 7.76. The van der Waals surface area contributed by atoms with Crippen LogP contribution in [0.1, 0.15) is 12.5 Å². The van der Waals surface area contributed by atoms with E-state index in [0.717, 1.165) is 12.1 Å². The maximum Gasteiger partial charge on any atom is 0.416 e. The van der Waals surface area contributed by atoms with Crippen molar-refractivity contribution in [2.45, 2.75) is 19.3 Å². The molecule has 5 N–H and O–H groups in total. The molecule has 1 heterocycles. The molecule has 0 amide bonds. The topological polar surface area (TPSA) is 100 Å². The molecule has 2 aromatic carbocycles. The Kier molecular flexibility index (Phi) is 11.6. The zero-order valence-corrected chi connectivity index (χ0v) is 23.0. The molecule has 0 aliphatic carbocycles. The minimum Gasteiger partial charge on any atom is -0.401 e. The lowest BCUT2D eigenvalue weighted by Gasteiger charge is -2.16. The summed E-state index contributed by atoms with van der Waals surface area (Å²) in [5, 5.41) is 8.83. The van der Waals surface area contributed by atoms with E-state index in [0.29, 0.717) is 33.9 Å². The smallest absolute Gasteiger partial charge is 0.401 e. The van der Waals surface area contributed by atoms with Crippen LogP contribution in [0.2, 0.25) is 0 Å². The summed E-state index contributed by atoms with van der Waals surface area (Å²) < 4.78 is 85.9. The highest BCUT2D eigenvalue weighted by Gasteiger charge is 2.30. The van der Waals surface area contributed by atoms with Gasteiger partial charge in [-0.1, -0.05) is 31.9 Å². The van der Waals surface area contributed by atoms with E-state index >= 15 is 0 Å². The number of alkyl halides is 6. The van der Waals surface area contributed by atoms with Gasteiger partial charge in [0.25, 0.3) is 0 Å². The summed E-state index contributed by atoms with van der Waals surface area (Å²) in [6.45, 7) is 11.6. The minimum absolute atomic E-state index is 0.0561. The highest BCUT2D eigenvalue weighted by molar-refractivity contribution is 5.84. The van der Waals surface area contributed by atoms with Gasteiger partial charge in [-0.25, -0.2) is 9.37 Å². The van der Waals surface area contributed by atoms with Crippen LogP contribution in [0.3, 0.4) is 0 Å². The Hall–Kier alpha value is -5.14. The maximum absolute atomic E-state index is 14.8. The molecule has 0 aliphatic heterocycles. The third-order valence-electron chi connectivity index (χ3n) is 5.24. The quantitative estimate of drug-likeness (QED) is 0.0847. The first kappa shape index (κ1) is 34.1. The maximum atomic E-state index is 14.8. The summed E-state index contributed by atoms with van der Waals surface area (Å²) in [7, 11) is 1.57. The number of halogens is 7. The second-order valence-electron chi connectivity index (χ2n) is 8.56. The van der Waals surface area contributed by atoms with Crippen LogP contribution in [0.4, 0.5) is 53.9 Å². The van der Waals surface area contributed by atoms with Crippen molar-refractivity contribution >= 4 is 29.4 Å². The van der Waals surface area contributed by atoms with Crippen molar-refractivity contribution in [3.8, 4) is 11.1 Å². The molecule has 14 heteroatoms. The standard InChI is InChI=1S/C26H25F4N7.C3H3F3/c1-5-15(2)34-19-10-11-21(27)22(12-19)35-24-20(17-6-8-18(9-7-17)26(28,29)30)13-33-25(37-24)36-23(14-32-4)16(3)31;1-2-3(4,5)6/h5-14,34H,1-2,31H2,3-4H3,(H2,33,35,36,37);2H,1H2/b23-16+,32-14?;. The zero-order valence-electron chi connectivity index (χ0n) is 23.0. The second kappa shape index (κ2) is 14.7. The molecular weight excluding hydrogens is 579 g/mol. The van der Waals surface area contributed by atoms with Crippen molar-refractivity contribution in [3.63, 3.8) is 0 Å². The van der Waals surface area contributed by atoms with Gasteiger partial charge < -0.3 is 21.7 Å². The normalized spacial score (nSPS) is 12.0. The largest absolute Gasteiger partial charge is 0.416 e. The van der Waals surface area contributed by atoms with Crippen molar-refractivity contribution < 1.29 is 30.7 Å². The number of anilines is 4. The Morgan fingerprint density at radius 2 is 1.63 bits per heavy atom. The fraction of sp³-hybridized carbons (Fsp3) is 0.138. The number of rotatable bonds is 9. The van der Waals surface area contributed by atoms with Crippen molar-refractivity contribution in [1.82, 2.24) is 9.97 Å². The van der Waals surface area contributed by atoms with Crippen LogP contribution < -0.4 is 21.7 Å². The Bertz CT molecular complexity index is 1500. The molecule has 0 spiro atoms. The third-order valence-corrected chi connectivity index (χ3v) is 5.24. The Morgan fingerprint density at radius 1 is 1.00 bits per heavy atom. The fourth-order valence-corrected chi connectivity index (χ4v) is 3.13. The van der Waals surface area contributed by atoms with E-state index in [4.69, 9.17) is 5.73 Å². The van der Waals surface area contributed by atoms with E-state index in [9.17, 15) is 30.7 Å². The van der Waals surface area contributed by atoms with Crippen LogP contribution in [0.15, 0.2) is 103 Å². The van der Waals surface area contributed by atoms with E-state index in [1.807, 2.05) is 0 Å². The molecule has 43 heavy (non-hydrogen) atoms. The fourth-order valence-electron chi connectivity index (χ4n) is 3.13. The molecule has 3 rings (SSSR count). The summed E-state index contributed by atoms with van der Waals surface area (Å²) in [4.78, 5) is 12.6. The highest BCUT2D eigenvalue weighted by Crippen LogP contribution is 2.34. The molecular formula is C29H28F7N7. The van der Waals surface area contributed by atoms with Crippen molar-refractivity contribution in [2.75, 3.05) is 23.0 Å². The van der Waals surface area contributed by atoms with Crippen molar-refractivity contribution in [2.24, 2.45) is 10.7 Å². The molecule has 7 nitrogen and oxygen atoms in total. The van der Waals surface area contributed by atoms with E-state index in [2.05, 4.69) is 50.6 Å². The number of nitrogens with zero attached hydrogens (tertiary/aromatic N) is 3. The number of nitrogens with two attached hydrogens (primary N) is 1. The molecule has 3 aromatic rings. The van der Waals surface area contributed by atoms with Gasteiger partial charge in [-0.3, -0.25) is 4.99 Å². The van der Waals surface area contributed by atoms with E-state index in [1.165, 1.54) is 48.8 Å². The Labute approximate surface area is 243 Å². The average molecular weight is 608 g/mol. The Morgan fingerprint density at radius 3 is 2.14 bits per heavy atom. The van der Waals surface area contributed by atoms with Crippen LogP contribution in [0.5, 0.6) is 0 Å². The summed E-state index contributed by atoms with van der Waals surface area (Å²) in [6.07, 6.45) is -4.35. The number of aromatic nitrogens is 2. The van der Waals surface area contributed by atoms with Crippen LogP contribution in [-0.4, -0.2) is 29.4 Å². The summed E-state index contributed by atoms with van der Waals surface area (Å²) >= 11 is 0. The zero-order chi connectivity index (χ0) is 32.4. The minimum atomic E-state index is -4.49. The van der Waals surface area contributed by atoms with Crippen LogP contribution >= 0.6 is 0 Å². The lowest BCUT2D eigenvalue weighted by molar-refractivity contribution is -0.137. The molecule has 1 aromatic heterocycles. The van der Waals surface area contributed by atoms with Gasteiger partial charge in [-0.2, -0.15) is 31.3 Å². The second-order valence-corrected chi connectivity index (χ2v) is 8.56. The van der Waals surface area contributed by atoms with Gasteiger partial charge in [-0.05, 0) is 48.9 Å². The monoisotopic (exact) mass is 607 g/mol. The van der Waals surface area contributed by atoms with Crippen molar-refractivity contribution in [3.05, 3.63) is 109 Å². The molecule has 0 saturated heterocycles. The number of nitrogens with one attached hydrogen (secondary N) is 3. The molecule has 0 aliphatic rings. The molecule has 0 atom stereocenters. The van der Waals surface area contributed by atoms with Crippen molar-refractivity contribution in [1.29, 1.82) is 0 Å². The number of aliphatic imine (C=N–C) groups is 1. The molecule has 0 fully saturated rings. The van der Waals surface area contributed by atoms with Gasteiger partial charge in [0.05, 0.1) is 16.9 Å². The third kappa shape index (κ3) is 10.6. The first-order chi connectivity index (χ1) is 20.1. The number of hydrogen-bond donors (Lipinski definition) is 4. The molecule has 0 radical (unpaired) electrons. The molecule has 0 unspecified atom stereocenters. The van der Waals surface area contributed by atoms with Crippen LogP contribution in [0.25, 0.3) is 11.1 Å². The van der Waals surface area contributed by atoms with Gasteiger partial charge in [-0.15, -0.1) is 0 Å². The first-order valence-electron chi connectivity index (χ1n) is 12.1. The SMILES string of the molecule is C=CC(=C)Nc1ccc(F)c(Nc2nc(N/C(C=NC)=C(\C)N)ncc2-c2ccc(C(F)(F)F)cc2)c1.C=CC(F)(F)F. The van der Waals surface area contributed by atoms with Gasteiger partial charge in [0.1, 0.15) is 11.6 Å². The lowest BCUT2D eigenvalue weighted by Crippen LogP contribution is -2.12. The first-order valence-corrected chi connectivity index (χ1v) is 12.1. The number of allylic oxidation sites excluding steroid dienone is 4. The average Bonchev–Trinajstić information content (AvgIpc) is 2.94. The Balaban J connectivity index is 0.000000973. The van der Waals surface area contributed by atoms with E-state index in [1.54, 1.807) is 14.0 Å². The molecule has 0 bridgehead atoms. The summed E-state index contributed by atoms with van der Waals surface area (Å²) in [5.74, 6) is -0.344. The highest BCUT2D eigenvalue weighted by atomic mass is 19.4. The molecule has 228 valence electrons. The predicted molar refractivity (Wildman–Crippen MR) is 156 cm³/mol. The predicted octanol–water partition coefficient (Wildman–Crippen LogP) is 8.19. The van der Waals surface area contributed by atoms with Gasteiger partial charge in [0.15, 0.2) is 0 Å².